The maximum atomic E-state index is 5.17. The van der Waals surface area contributed by atoms with Crippen LogP contribution >= 0.6 is 0 Å². The first-order chi connectivity index (χ1) is 16.8. The molecule has 1 saturated heterocycles. The van der Waals surface area contributed by atoms with Crippen LogP contribution in [0.25, 0.3) is 33.3 Å². The number of nitrogens with zero attached hydrogens (tertiary/aromatic N) is 5. The molecule has 6 rings (SSSR count). The van der Waals surface area contributed by atoms with Crippen LogP contribution in [0.2, 0.25) is 0 Å². The molecule has 0 spiro atoms. The number of piperidine rings is 1. The van der Waals surface area contributed by atoms with Gasteiger partial charge in [-0.05, 0) is 49.1 Å². The first-order valence-corrected chi connectivity index (χ1v) is 11.3. The van der Waals surface area contributed by atoms with Crippen molar-refractivity contribution in [3.05, 3.63) is 66.5 Å². The first kappa shape index (κ1) is 20.4. The lowest BCUT2D eigenvalue weighted by Gasteiger charge is -2.24. The zero-order chi connectivity index (χ0) is 22.9. The van der Waals surface area contributed by atoms with Gasteiger partial charge >= 0.3 is 0 Å². The smallest absolute Gasteiger partial charge is 0.214 e. The third kappa shape index (κ3) is 3.76. The molecule has 1 fully saturated rings. The number of aromatic amines is 1. The number of methoxy groups -OCH3 is 1. The molecule has 1 aliphatic heterocycles. The average Bonchev–Trinajstić information content (AvgIpc) is 3.51. The van der Waals surface area contributed by atoms with Crippen LogP contribution in [0.4, 0.5) is 0 Å². The molecule has 0 saturated carbocycles. The van der Waals surface area contributed by atoms with E-state index < -0.39 is 0 Å². The summed E-state index contributed by atoms with van der Waals surface area (Å²) < 4.78 is 7.47. The molecule has 5 heterocycles. The van der Waals surface area contributed by atoms with Gasteiger partial charge < -0.3 is 19.6 Å². The summed E-state index contributed by atoms with van der Waals surface area (Å²) in [6.45, 7) is 2.06. The van der Waals surface area contributed by atoms with Crippen molar-refractivity contribution < 1.29 is 4.74 Å². The van der Waals surface area contributed by atoms with Gasteiger partial charge in [0.1, 0.15) is 11.2 Å². The molecule has 1 atom stereocenters. The first-order valence-electron chi connectivity index (χ1n) is 11.3. The highest BCUT2D eigenvalue weighted by Gasteiger charge is 2.18. The number of imidazole rings is 1. The van der Waals surface area contributed by atoms with Crippen molar-refractivity contribution in [2.75, 3.05) is 20.2 Å². The molecular formula is C26H23N7O. The minimum atomic E-state index is 0.422. The van der Waals surface area contributed by atoms with Gasteiger partial charge in [0.05, 0.1) is 30.7 Å². The zero-order valence-corrected chi connectivity index (χ0v) is 18.7. The molecule has 0 bridgehead atoms. The Morgan fingerprint density at radius 3 is 2.97 bits per heavy atom. The fraction of sp³-hybridized carbons (Fsp3) is 0.231. The second-order valence-electron chi connectivity index (χ2n) is 8.35. The predicted octanol–water partition coefficient (Wildman–Crippen LogP) is 3.70. The van der Waals surface area contributed by atoms with Crippen LogP contribution in [0.15, 0.2) is 55.2 Å². The topological polar surface area (TPSA) is 93.5 Å². The van der Waals surface area contributed by atoms with Crippen LogP contribution < -0.4 is 10.1 Å². The number of benzene rings is 1. The van der Waals surface area contributed by atoms with E-state index >= 15 is 0 Å². The zero-order valence-electron chi connectivity index (χ0n) is 18.7. The summed E-state index contributed by atoms with van der Waals surface area (Å²) in [5, 5.41) is 3.50. The normalized spacial score (nSPS) is 15.9. The van der Waals surface area contributed by atoms with E-state index in [9.17, 15) is 0 Å². The van der Waals surface area contributed by atoms with Crippen LogP contribution in [-0.4, -0.2) is 49.7 Å². The van der Waals surface area contributed by atoms with Gasteiger partial charge in [-0.3, -0.25) is 0 Å². The number of H-pyrrole nitrogens is 1. The van der Waals surface area contributed by atoms with E-state index in [1.807, 2.05) is 18.6 Å². The average molecular weight is 450 g/mol. The molecule has 0 aliphatic carbocycles. The maximum absolute atomic E-state index is 5.17. The number of pyridine rings is 1. The number of fused-ring (bicyclic) bond motifs is 2. The molecule has 1 aromatic carbocycles. The number of nitrogens with one attached hydrogen (secondary N) is 2. The molecule has 8 heteroatoms. The molecule has 1 unspecified atom stereocenters. The van der Waals surface area contributed by atoms with Crippen LogP contribution in [-0.2, 0) is 0 Å². The molecule has 2 N–H and O–H groups in total. The van der Waals surface area contributed by atoms with Crippen LogP contribution in [0.1, 0.15) is 30.1 Å². The molecule has 4 aromatic heterocycles. The molecule has 0 radical (unpaired) electrons. The Morgan fingerprint density at radius 1 is 1.12 bits per heavy atom. The number of ether oxygens (including phenoxy) is 1. The second-order valence-corrected chi connectivity index (χ2v) is 8.35. The fourth-order valence-corrected chi connectivity index (χ4v) is 4.46. The number of hydrogen-bond donors (Lipinski definition) is 2. The Hall–Kier alpha value is -4.22. The molecule has 5 aromatic rings. The Kier molecular flexibility index (Phi) is 5.17. The van der Waals surface area contributed by atoms with E-state index in [-0.39, 0.29) is 0 Å². The van der Waals surface area contributed by atoms with Crippen molar-refractivity contribution in [3.63, 3.8) is 0 Å². The van der Waals surface area contributed by atoms with Crippen molar-refractivity contribution in [2.24, 2.45) is 0 Å². The van der Waals surface area contributed by atoms with Gasteiger partial charge in [-0.2, -0.15) is 0 Å². The van der Waals surface area contributed by atoms with Crippen LogP contribution in [0.3, 0.4) is 0 Å². The lowest BCUT2D eigenvalue weighted by atomic mass is 10.1. The van der Waals surface area contributed by atoms with Crippen molar-refractivity contribution in [3.8, 4) is 28.8 Å². The van der Waals surface area contributed by atoms with E-state index in [2.05, 4.69) is 59.9 Å². The van der Waals surface area contributed by atoms with Gasteiger partial charge in [-0.15, -0.1) is 0 Å². The summed E-state index contributed by atoms with van der Waals surface area (Å²) in [6, 6.07) is 10.4. The van der Waals surface area contributed by atoms with Crippen LogP contribution in [0, 0.1) is 11.8 Å². The number of aromatic nitrogens is 6. The van der Waals surface area contributed by atoms with E-state index in [1.54, 1.807) is 25.6 Å². The molecule has 8 nitrogen and oxygen atoms in total. The lowest BCUT2D eigenvalue weighted by molar-refractivity contribution is 0.378. The summed E-state index contributed by atoms with van der Waals surface area (Å²) >= 11 is 0. The predicted molar refractivity (Wildman–Crippen MR) is 131 cm³/mol. The van der Waals surface area contributed by atoms with Crippen molar-refractivity contribution in [2.45, 2.75) is 18.9 Å². The summed E-state index contributed by atoms with van der Waals surface area (Å²) in [4.78, 5) is 21.3. The Labute approximate surface area is 196 Å². The number of rotatable bonds is 3. The van der Waals surface area contributed by atoms with Gasteiger partial charge in [-0.1, -0.05) is 12.0 Å². The lowest BCUT2D eigenvalue weighted by Crippen LogP contribution is -2.31. The number of hydrogen-bond acceptors (Lipinski definition) is 6. The van der Waals surface area contributed by atoms with Crippen molar-refractivity contribution in [1.29, 1.82) is 0 Å². The molecule has 0 amide bonds. The highest BCUT2D eigenvalue weighted by molar-refractivity contribution is 5.93. The standard InChI is InChI=1S/C26H23N7O/c1-34-24-11-17(8-10-28-24)4-6-19-13-29-26-25(32-19)21(15-30-26)18-5-7-22-23(12-18)33(16-31-22)20-3-2-9-27-14-20/h5,7-8,10-13,15-16,20,27H,2-3,9,14H2,1H3,(H,29,30). The van der Waals surface area contributed by atoms with E-state index in [0.29, 0.717) is 17.6 Å². The van der Waals surface area contributed by atoms with Crippen molar-refractivity contribution >= 4 is 22.2 Å². The van der Waals surface area contributed by atoms with Gasteiger partial charge in [0.15, 0.2) is 5.65 Å². The second kappa shape index (κ2) is 8.61. The maximum Gasteiger partial charge on any atom is 0.214 e. The van der Waals surface area contributed by atoms with E-state index in [4.69, 9.17) is 9.72 Å². The minimum Gasteiger partial charge on any atom is -0.481 e. The van der Waals surface area contributed by atoms with Crippen molar-refractivity contribution in [1.82, 2.24) is 34.8 Å². The fourth-order valence-electron chi connectivity index (χ4n) is 4.46. The quantitative estimate of drug-likeness (QED) is 0.408. The SMILES string of the molecule is COc1cc(C#Cc2cnc3[nH]cc(-c4ccc5ncn(C6CCCNC6)c5c4)c3n2)ccn1. The summed E-state index contributed by atoms with van der Waals surface area (Å²) in [7, 11) is 1.59. The van der Waals surface area contributed by atoms with E-state index in [0.717, 1.165) is 58.4 Å². The van der Waals surface area contributed by atoms with E-state index in [1.165, 1.54) is 6.42 Å². The Bertz CT molecular complexity index is 1550. The van der Waals surface area contributed by atoms with Crippen LogP contribution in [0.5, 0.6) is 5.88 Å². The van der Waals surface area contributed by atoms with Gasteiger partial charge in [0, 0.05) is 42.2 Å². The largest absolute Gasteiger partial charge is 0.481 e. The highest BCUT2D eigenvalue weighted by atomic mass is 16.5. The summed E-state index contributed by atoms with van der Waals surface area (Å²) in [5.41, 5.74) is 7.13. The summed E-state index contributed by atoms with van der Waals surface area (Å²) in [6.07, 6.45) is 9.61. The third-order valence-corrected chi connectivity index (χ3v) is 6.21. The van der Waals surface area contributed by atoms with Gasteiger partial charge in [-0.25, -0.2) is 19.9 Å². The van der Waals surface area contributed by atoms with Gasteiger partial charge in [0.25, 0.3) is 0 Å². The molecular weight excluding hydrogens is 426 g/mol. The summed E-state index contributed by atoms with van der Waals surface area (Å²) in [5.74, 6) is 6.75. The third-order valence-electron chi connectivity index (χ3n) is 6.21. The Balaban J connectivity index is 1.38. The minimum absolute atomic E-state index is 0.422. The molecule has 34 heavy (non-hydrogen) atoms. The monoisotopic (exact) mass is 449 g/mol. The molecule has 168 valence electrons. The Morgan fingerprint density at radius 2 is 2.09 bits per heavy atom. The highest BCUT2D eigenvalue weighted by Crippen LogP contribution is 2.30. The molecule has 1 aliphatic rings. The van der Waals surface area contributed by atoms with Gasteiger partial charge in [0.2, 0.25) is 5.88 Å².